The Labute approximate surface area is 170 Å². The molecule has 0 saturated heterocycles. The molecule has 9 heteroatoms. The Hall–Kier alpha value is -2.97. The molecule has 0 radical (unpaired) electrons. The molecule has 3 rings (SSSR count). The smallest absolute Gasteiger partial charge is 0.275 e. The van der Waals surface area contributed by atoms with E-state index in [1.807, 2.05) is 0 Å². The minimum Gasteiger partial charge on any atom is -0.497 e. The molecule has 3 N–H and O–H groups in total. The van der Waals surface area contributed by atoms with Crippen molar-refractivity contribution in [3.63, 3.8) is 0 Å². The molecular weight excluding hydrogens is 400 g/mol. The molecule has 1 heterocycles. The number of carbonyl (C=O) groups excluding carboxylic acids is 1. The molecule has 28 heavy (non-hydrogen) atoms. The fourth-order valence-corrected chi connectivity index (χ4v) is 3.41. The van der Waals surface area contributed by atoms with Gasteiger partial charge in [-0.25, -0.2) is 0 Å². The van der Waals surface area contributed by atoms with Gasteiger partial charge in [-0.1, -0.05) is 29.4 Å². The van der Waals surface area contributed by atoms with Crippen LogP contribution >= 0.6 is 23.4 Å². The molecule has 2 aromatic carbocycles. The van der Waals surface area contributed by atoms with Gasteiger partial charge in [0.25, 0.3) is 5.56 Å². The van der Waals surface area contributed by atoms with Crippen LogP contribution in [0.15, 0.2) is 64.5 Å². The molecule has 144 valence electrons. The average Bonchev–Trinajstić information content (AvgIpc) is 2.67. The number of benzene rings is 2. The van der Waals surface area contributed by atoms with E-state index in [0.29, 0.717) is 27.3 Å². The van der Waals surface area contributed by atoms with Crippen molar-refractivity contribution in [1.29, 1.82) is 0 Å². The first-order chi connectivity index (χ1) is 13.5. The van der Waals surface area contributed by atoms with E-state index in [4.69, 9.17) is 22.1 Å². The van der Waals surface area contributed by atoms with Gasteiger partial charge in [-0.15, -0.1) is 0 Å². The van der Waals surface area contributed by atoms with Crippen molar-refractivity contribution in [2.75, 3.05) is 23.9 Å². The standard InChI is InChI=1S/C19H17ClN4O3S/c1-27-15-4-2-3-13(9-15)22-18(26)11-28-19-23-17(25)10-16(21)24(19)14-7-5-12(20)6-8-14/h2-10H,11,21H2,1H3,(H,22,26). The van der Waals surface area contributed by atoms with Crippen LogP contribution in [-0.4, -0.2) is 28.3 Å². The average molecular weight is 417 g/mol. The number of anilines is 2. The van der Waals surface area contributed by atoms with Gasteiger partial charge in [0, 0.05) is 28.5 Å². The van der Waals surface area contributed by atoms with Crippen molar-refractivity contribution in [3.8, 4) is 11.4 Å². The molecule has 0 fully saturated rings. The second-order valence-corrected chi connectivity index (χ2v) is 7.06. The van der Waals surface area contributed by atoms with Gasteiger partial charge in [0.2, 0.25) is 5.91 Å². The Morgan fingerprint density at radius 3 is 2.71 bits per heavy atom. The van der Waals surface area contributed by atoms with Gasteiger partial charge in [-0.2, -0.15) is 4.98 Å². The van der Waals surface area contributed by atoms with Gasteiger partial charge >= 0.3 is 0 Å². The van der Waals surface area contributed by atoms with Crippen LogP contribution in [-0.2, 0) is 4.79 Å². The van der Waals surface area contributed by atoms with E-state index in [1.165, 1.54) is 6.07 Å². The van der Waals surface area contributed by atoms with Crippen LogP contribution in [0.5, 0.6) is 5.75 Å². The predicted molar refractivity (Wildman–Crippen MR) is 112 cm³/mol. The number of nitrogens with zero attached hydrogens (tertiary/aromatic N) is 2. The van der Waals surface area contributed by atoms with Crippen molar-refractivity contribution in [2.45, 2.75) is 5.16 Å². The molecule has 0 spiro atoms. The molecular formula is C19H17ClN4O3S. The Morgan fingerprint density at radius 1 is 1.25 bits per heavy atom. The number of methoxy groups -OCH3 is 1. The first-order valence-electron chi connectivity index (χ1n) is 8.18. The number of halogens is 1. The zero-order valence-corrected chi connectivity index (χ0v) is 16.5. The summed E-state index contributed by atoms with van der Waals surface area (Å²) in [6.45, 7) is 0. The van der Waals surface area contributed by atoms with E-state index in [1.54, 1.807) is 60.2 Å². The summed E-state index contributed by atoms with van der Waals surface area (Å²) in [6.07, 6.45) is 0. The molecule has 3 aromatic rings. The predicted octanol–water partition coefficient (Wildman–Crippen LogP) is 3.21. The van der Waals surface area contributed by atoms with Crippen LogP contribution in [0.2, 0.25) is 5.02 Å². The first-order valence-corrected chi connectivity index (χ1v) is 9.55. The van der Waals surface area contributed by atoms with Crippen molar-refractivity contribution < 1.29 is 9.53 Å². The largest absolute Gasteiger partial charge is 0.497 e. The normalized spacial score (nSPS) is 10.5. The van der Waals surface area contributed by atoms with Crippen LogP contribution in [0.3, 0.4) is 0 Å². The number of thioether (sulfide) groups is 1. The molecule has 0 bridgehead atoms. The molecule has 0 atom stereocenters. The lowest BCUT2D eigenvalue weighted by atomic mass is 10.3. The fraction of sp³-hybridized carbons (Fsp3) is 0.105. The Balaban J connectivity index is 1.79. The number of nitrogen functional groups attached to an aromatic ring is 1. The van der Waals surface area contributed by atoms with Crippen molar-refractivity contribution in [1.82, 2.24) is 9.55 Å². The number of hydrogen-bond donors (Lipinski definition) is 2. The van der Waals surface area contributed by atoms with Gasteiger partial charge < -0.3 is 15.8 Å². The number of aromatic nitrogens is 2. The van der Waals surface area contributed by atoms with Crippen molar-refractivity contribution in [2.24, 2.45) is 0 Å². The van der Waals surface area contributed by atoms with Gasteiger partial charge in [-0.3, -0.25) is 14.2 Å². The van der Waals surface area contributed by atoms with Crippen LogP contribution in [0, 0.1) is 0 Å². The lowest BCUT2D eigenvalue weighted by Crippen LogP contribution is -2.19. The lowest BCUT2D eigenvalue weighted by molar-refractivity contribution is -0.113. The van der Waals surface area contributed by atoms with E-state index in [0.717, 1.165) is 11.8 Å². The number of nitrogens with one attached hydrogen (secondary N) is 1. The SMILES string of the molecule is COc1cccc(NC(=O)CSc2nc(=O)cc(N)n2-c2ccc(Cl)cc2)c1. The highest BCUT2D eigenvalue weighted by molar-refractivity contribution is 7.99. The van der Waals surface area contributed by atoms with Crippen LogP contribution in [0.1, 0.15) is 0 Å². The molecule has 1 aromatic heterocycles. The topological polar surface area (TPSA) is 99.2 Å². The minimum atomic E-state index is -0.474. The number of amides is 1. The maximum atomic E-state index is 12.3. The molecule has 0 aliphatic carbocycles. The maximum absolute atomic E-state index is 12.3. The maximum Gasteiger partial charge on any atom is 0.275 e. The highest BCUT2D eigenvalue weighted by Crippen LogP contribution is 2.24. The summed E-state index contributed by atoms with van der Waals surface area (Å²) >= 11 is 7.04. The summed E-state index contributed by atoms with van der Waals surface area (Å²) in [6, 6.07) is 15.2. The molecule has 0 saturated carbocycles. The van der Waals surface area contributed by atoms with Crippen molar-refractivity contribution in [3.05, 3.63) is 70.0 Å². The zero-order chi connectivity index (χ0) is 20.1. The van der Waals surface area contributed by atoms with E-state index >= 15 is 0 Å². The monoisotopic (exact) mass is 416 g/mol. The third-order valence-corrected chi connectivity index (χ3v) is 4.89. The van der Waals surface area contributed by atoms with Crippen LogP contribution in [0.25, 0.3) is 5.69 Å². The van der Waals surface area contributed by atoms with Crippen molar-refractivity contribution >= 4 is 40.8 Å². The van der Waals surface area contributed by atoms with E-state index in [9.17, 15) is 9.59 Å². The molecule has 1 amide bonds. The summed E-state index contributed by atoms with van der Waals surface area (Å²) in [5, 5.41) is 3.66. The van der Waals surface area contributed by atoms with Gasteiger partial charge in [0.15, 0.2) is 5.16 Å². The Bertz CT molecular complexity index is 1050. The van der Waals surface area contributed by atoms with Crippen LogP contribution < -0.4 is 21.3 Å². The van der Waals surface area contributed by atoms with Gasteiger partial charge in [0.1, 0.15) is 11.6 Å². The Kier molecular flexibility index (Phi) is 6.23. The quantitative estimate of drug-likeness (QED) is 0.473. The molecule has 0 aliphatic rings. The third kappa shape index (κ3) is 4.85. The fourth-order valence-electron chi connectivity index (χ4n) is 2.45. The number of rotatable bonds is 6. The second-order valence-electron chi connectivity index (χ2n) is 5.68. The zero-order valence-electron chi connectivity index (χ0n) is 14.9. The highest BCUT2D eigenvalue weighted by Gasteiger charge is 2.13. The first kappa shape index (κ1) is 19.8. The summed E-state index contributed by atoms with van der Waals surface area (Å²) in [7, 11) is 1.55. The lowest BCUT2D eigenvalue weighted by Gasteiger charge is -2.14. The van der Waals surface area contributed by atoms with Gasteiger partial charge in [0.05, 0.1) is 12.9 Å². The number of nitrogens with two attached hydrogens (primary N) is 1. The van der Waals surface area contributed by atoms with E-state index < -0.39 is 5.56 Å². The third-order valence-electron chi connectivity index (χ3n) is 3.70. The number of carbonyl (C=O) groups is 1. The molecule has 0 unspecified atom stereocenters. The minimum absolute atomic E-state index is 0.0424. The van der Waals surface area contributed by atoms with E-state index in [-0.39, 0.29) is 17.5 Å². The number of ether oxygens (including phenoxy) is 1. The molecule has 7 nitrogen and oxygen atoms in total. The van der Waals surface area contributed by atoms with E-state index in [2.05, 4.69) is 10.3 Å². The highest BCUT2D eigenvalue weighted by atomic mass is 35.5. The molecule has 0 aliphatic heterocycles. The number of hydrogen-bond acceptors (Lipinski definition) is 6. The summed E-state index contributed by atoms with van der Waals surface area (Å²) in [4.78, 5) is 28.1. The van der Waals surface area contributed by atoms with Gasteiger partial charge in [-0.05, 0) is 36.4 Å². The summed E-state index contributed by atoms with van der Waals surface area (Å²) in [5.74, 6) is 0.649. The van der Waals surface area contributed by atoms with Crippen LogP contribution in [0.4, 0.5) is 11.5 Å². The summed E-state index contributed by atoms with van der Waals surface area (Å²) in [5.41, 5.74) is 6.84. The Morgan fingerprint density at radius 2 is 2.00 bits per heavy atom. The summed E-state index contributed by atoms with van der Waals surface area (Å²) < 4.78 is 6.74. The second kappa shape index (κ2) is 8.81.